The molecule has 0 aromatic carbocycles. The molecular formula is C85H166O17P2. The highest BCUT2D eigenvalue weighted by Crippen LogP contribution is 2.45. The highest BCUT2D eigenvalue weighted by molar-refractivity contribution is 7.47. The van der Waals surface area contributed by atoms with E-state index in [-0.39, 0.29) is 25.7 Å². The number of unbranched alkanes of at least 4 members (excludes halogenated alkanes) is 57. The van der Waals surface area contributed by atoms with E-state index in [1.54, 1.807) is 0 Å². The van der Waals surface area contributed by atoms with Crippen LogP contribution in [0.1, 0.15) is 458 Å². The number of aliphatic hydroxyl groups is 1. The van der Waals surface area contributed by atoms with E-state index in [0.29, 0.717) is 25.7 Å². The van der Waals surface area contributed by atoms with Gasteiger partial charge < -0.3 is 33.8 Å². The lowest BCUT2D eigenvalue weighted by Crippen LogP contribution is -2.30. The number of hydrogen-bond donors (Lipinski definition) is 3. The summed E-state index contributed by atoms with van der Waals surface area (Å²) in [7, 11) is -9.92. The van der Waals surface area contributed by atoms with Crippen LogP contribution in [0, 0.1) is 5.92 Å². The van der Waals surface area contributed by atoms with Crippen LogP contribution in [0.4, 0.5) is 0 Å². The molecule has 104 heavy (non-hydrogen) atoms. The lowest BCUT2D eigenvalue weighted by atomic mass is 10.0. The SMILES string of the molecule is CCCCCCCCCCCCCCCCCCCCCCCCC(=O)O[C@H](COC(=O)CCCCCCCCCCCCCCCCC(C)C)COP(=O)(O)OC[C@@H](O)COP(=O)(O)OC[C@@H](COC(=O)CCCCCCCCCCC)OC(=O)CCCCCCCCCCCCCCCCCC. The molecule has 0 aromatic heterocycles. The van der Waals surface area contributed by atoms with Crippen LogP contribution in [0.25, 0.3) is 0 Å². The van der Waals surface area contributed by atoms with Crippen LogP contribution in [0.2, 0.25) is 0 Å². The summed E-state index contributed by atoms with van der Waals surface area (Å²) in [6.07, 6.45) is 70.9. The van der Waals surface area contributed by atoms with Gasteiger partial charge in [0.2, 0.25) is 0 Å². The highest BCUT2D eigenvalue weighted by Gasteiger charge is 2.30. The summed E-state index contributed by atoms with van der Waals surface area (Å²) in [6.45, 7) is 7.36. The Bertz CT molecular complexity index is 1980. The van der Waals surface area contributed by atoms with Crippen molar-refractivity contribution in [1.29, 1.82) is 0 Å². The molecule has 618 valence electrons. The van der Waals surface area contributed by atoms with Crippen LogP contribution in [0.3, 0.4) is 0 Å². The second-order valence-electron chi connectivity index (χ2n) is 31.1. The zero-order valence-corrected chi connectivity index (χ0v) is 70.0. The van der Waals surface area contributed by atoms with Crippen molar-refractivity contribution >= 4 is 39.5 Å². The predicted octanol–water partition coefficient (Wildman–Crippen LogP) is 26.0. The molecule has 0 heterocycles. The van der Waals surface area contributed by atoms with Gasteiger partial charge in [-0.1, -0.05) is 407 Å². The van der Waals surface area contributed by atoms with Crippen molar-refractivity contribution in [2.24, 2.45) is 5.92 Å². The maximum absolute atomic E-state index is 13.1. The molecule has 0 fully saturated rings. The Morgan fingerprint density at radius 3 is 0.654 bits per heavy atom. The van der Waals surface area contributed by atoms with Gasteiger partial charge in [0.05, 0.1) is 26.4 Å². The van der Waals surface area contributed by atoms with Gasteiger partial charge in [-0.2, -0.15) is 0 Å². The third-order valence-electron chi connectivity index (χ3n) is 20.0. The number of rotatable bonds is 85. The van der Waals surface area contributed by atoms with Crippen LogP contribution in [-0.4, -0.2) is 96.7 Å². The summed E-state index contributed by atoms with van der Waals surface area (Å²) in [4.78, 5) is 73.1. The van der Waals surface area contributed by atoms with Crippen LogP contribution in [-0.2, 0) is 65.4 Å². The van der Waals surface area contributed by atoms with E-state index < -0.39 is 97.5 Å². The third-order valence-corrected chi connectivity index (χ3v) is 21.9. The summed E-state index contributed by atoms with van der Waals surface area (Å²) in [5.41, 5.74) is 0. The van der Waals surface area contributed by atoms with Crippen molar-refractivity contribution in [3.63, 3.8) is 0 Å². The molecule has 0 radical (unpaired) electrons. The Balaban J connectivity index is 5.20. The quantitative estimate of drug-likeness (QED) is 0.0222. The molecule has 0 saturated heterocycles. The molecule has 5 atom stereocenters. The minimum absolute atomic E-state index is 0.109. The molecule has 0 aliphatic rings. The van der Waals surface area contributed by atoms with Gasteiger partial charge in [0.1, 0.15) is 19.3 Å². The number of ether oxygens (including phenoxy) is 4. The van der Waals surface area contributed by atoms with Gasteiger partial charge in [-0.25, -0.2) is 9.13 Å². The zero-order valence-electron chi connectivity index (χ0n) is 68.2. The van der Waals surface area contributed by atoms with Crippen molar-refractivity contribution < 1.29 is 80.2 Å². The fourth-order valence-electron chi connectivity index (χ4n) is 13.3. The maximum atomic E-state index is 13.1. The Morgan fingerprint density at radius 2 is 0.442 bits per heavy atom. The second kappa shape index (κ2) is 77.8. The summed E-state index contributed by atoms with van der Waals surface area (Å²) in [5.74, 6) is -1.30. The monoisotopic (exact) mass is 1520 g/mol. The number of phosphoric acid groups is 2. The first-order chi connectivity index (χ1) is 50.5. The molecule has 17 nitrogen and oxygen atoms in total. The van der Waals surface area contributed by atoms with Crippen LogP contribution in [0.15, 0.2) is 0 Å². The van der Waals surface area contributed by atoms with Gasteiger partial charge in [0.25, 0.3) is 0 Å². The molecule has 0 aromatic rings. The summed E-state index contributed by atoms with van der Waals surface area (Å²) >= 11 is 0. The van der Waals surface area contributed by atoms with Crippen LogP contribution in [0.5, 0.6) is 0 Å². The van der Waals surface area contributed by atoms with Gasteiger partial charge in [-0.05, 0) is 31.6 Å². The predicted molar refractivity (Wildman–Crippen MR) is 428 cm³/mol. The first kappa shape index (κ1) is 102. The molecule has 0 bridgehead atoms. The molecule has 0 amide bonds. The minimum atomic E-state index is -4.96. The van der Waals surface area contributed by atoms with Gasteiger partial charge in [0, 0.05) is 25.7 Å². The lowest BCUT2D eigenvalue weighted by molar-refractivity contribution is -0.161. The van der Waals surface area contributed by atoms with Gasteiger partial charge in [-0.15, -0.1) is 0 Å². The van der Waals surface area contributed by atoms with E-state index in [4.69, 9.17) is 37.0 Å². The number of hydrogen-bond acceptors (Lipinski definition) is 15. The van der Waals surface area contributed by atoms with E-state index >= 15 is 0 Å². The number of phosphoric ester groups is 2. The molecule has 0 aliphatic heterocycles. The first-order valence-corrected chi connectivity index (χ1v) is 47.1. The molecule has 0 spiro atoms. The molecule has 3 N–H and O–H groups in total. The molecule has 0 rings (SSSR count). The standard InChI is InChI=1S/C85H166O17P2/c1-6-9-12-15-18-21-23-25-27-29-30-31-32-33-34-36-42-46-51-56-61-66-71-85(90)102-81(75-96-83(88)69-64-59-54-49-44-40-38-37-39-43-48-52-57-62-67-78(4)5)77-100-104(93,94)98-73-79(86)72-97-103(91,92)99-76-80(74-95-82(87)68-63-58-53-47-20-17-14-11-8-3)101-84(89)70-65-60-55-50-45-41-35-28-26-24-22-19-16-13-10-7-2/h78-81,86H,6-77H2,1-5H3,(H,91,92)(H,93,94)/t79-,80+,81+/m0/s1. The molecular weight excluding hydrogens is 1350 g/mol. The van der Waals surface area contributed by atoms with Crippen LogP contribution >= 0.6 is 15.6 Å². The number of carbonyl (C=O) groups is 4. The Kier molecular flexibility index (Phi) is 76.3. The Morgan fingerprint density at radius 1 is 0.260 bits per heavy atom. The fourth-order valence-corrected chi connectivity index (χ4v) is 14.9. The van der Waals surface area contributed by atoms with Crippen molar-refractivity contribution in [3.05, 3.63) is 0 Å². The average Bonchev–Trinajstić information content (AvgIpc) is 0.972. The summed E-state index contributed by atoms with van der Waals surface area (Å²) in [6, 6.07) is 0. The minimum Gasteiger partial charge on any atom is -0.462 e. The van der Waals surface area contributed by atoms with Crippen molar-refractivity contribution in [3.8, 4) is 0 Å². The van der Waals surface area contributed by atoms with E-state index in [1.807, 2.05) is 0 Å². The van der Waals surface area contributed by atoms with Gasteiger partial charge in [-0.3, -0.25) is 37.3 Å². The Hall–Kier alpha value is -1.94. The van der Waals surface area contributed by atoms with Crippen molar-refractivity contribution in [2.75, 3.05) is 39.6 Å². The van der Waals surface area contributed by atoms with Crippen molar-refractivity contribution in [2.45, 2.75) is 477 Å². The molecule has 2 unspecified atom stereocenters. The lowest BCUT2D eigenvalue weighted by Gasteiger charge is -2.21. The largest absolute Gasteiger partial charge is 0.472 e. The average molecular weight is 1520 g/mol. The third kappa shape index (κ3) is 78.2. The fraction of sp³-hybridized carbons (Fsp3) is 0.953. The number of aliphatic hydroxyl groups excluding tert-OH is 1. The Labute approximate surface area is 638 Å². The normalized spacial score (nSPS) is 13.8. The smallest absolute Gasteiger partial charge is 0.462 e. The number of esters is 4. The van der Waals surface area contributed by atoms with E-state index in [9.17, 15) is 43.2 Å². The van der Waals surface area contributed by atoms with Crippen molar-refractivity contribution in [1.82, 2.24) is 0 Å². The number of carbonyl (C=O) groups excluding carboxylic acids is 4. The molecule has 19 heteroatoms. The maximum Gasteiger partial charge on any atom is 0.472 e. The zero-order chi connectivity index (χ0) is 76.2. The topological polar surface area (TPSA) is 237 Å². The highest BCUT2D eigenvalue weighted by atomic mass is 31.2. The first-order valence-electron chi connectivity index (χ1n) is 44.1. The van der Waals surface area contributed by atoms with E-state index in [0.717, 1.165) is 95.8 Å². The summed E-state index contributed by atoms with van der Waals surface area (Å²) < 4.78 is 68.8. The second-order valence-corrected chi connectivity index (χ2v) is 34.0. The van der Waals surface area contributed by atoms with Crippen LogP contribution < -0.4 is 0 Å². The molecule has 0 aliphatic carbocycles. The van der Waals surface area contributed by atoms with E-state index in [2.05, 4.69) is 34.6 Å². The van der Waals surface area contributed by atoms with E-state index in [1.165, 1.54) is 283 Å². The summed E-state index contributed by atoms with van der Waals surface area (Å²) in [5, 5.41) is 10.7. The van der Waals surface area contributed by atoms with Gasteiger partial charge >= 0.3 is 39.5 Å². The van der Waals surface area contributed by atoms with Gasteiger partial charge in [0.15, 0.2) is 12.2 Å². The molecule has 0 saturated carbocycles.